The Morgan fingerprint density at radius 3 is 2.88 bits per heavy atom. The summed E-state index contributed by atoms with van der Waals surface area (Å²) in [6, 6.07) is 10.7. The summed E-state index contributed by atoms with van der Waals surface area (Å²) in [6.07, 6.45) is 1.39. The maximum atomic E-state index is 12.5. The first-order valence-corrected chi connectivity index (χ1v) is 8.60. The number of amides is 1. The van der Waals surface area contributed by atoms with Crippen molar-refractivity contribution in [2.45, 2.75) is 13.5 Å². The molecule has 1 aromatic heterocycles. The third-order valence-electron chi connectivity index (χ3n) is 3.57. The normalized spacial score (nSPS) is 10.8. The average Bonchev–Trinajstić information content (AvgIpc) is 2.54. The van der Waals surface area contributed by atoms with E-state index in [1.54, 1.807) is 24.3 Å². The molecule has 0 atom stereocenters. The van der Waals surface area contributed by atoms with Gasteiger partial charge in [0.2, 0.25) is 5.91 Å². The third kappa shape index (κ3) is 3.59. The van der Waals surface area contributed by atoms with Crippen LogP contribution in [0.2, 0.25) is 5.02 Å². The number of anilines is 1. The molecule has 0 unspecified atom stereocenters. The van der Waals surface area contributed by atoms with Crippen LogP contribution in [-0.2, 0) is 11.3 Å². The Kier molecular flexibility index (Phi) is 4.86. The van der Waals surface area contributed by atoms with Gasteiger partial charge in [-0.2, -0.15) is 0 Å². The first kappa shape index (κ1) is 16.9. The molecule has 2 aromatic carbocycles. The molecular weight excluding hydrogens is 441 g/mol. The van der Waals surface area contributed by atoms with Crippen molar-refractivity contribution in [3.05, 3.63) is 67.2 Å². The van der Waals surface area contributed by atoms with Gasteiger partial charge in [-0.05, 0) is 65.4 Å². The minimum atomic E-state index is -0.311. The number of carbonyl (C=O) groups is 1. The Bertz CT molecular complexity index is 1000. The summed E-state index contributed by atoms with van der Waals surface area (Å²) in [7, 11) is 0. The highest BCUT2D eigenvalue weighted by Crippen LogP contribution is 2.20. The number of aryl methyl sites for hydroxylation is 1. The van der Waals surface area contributed by atoms with Gasteiger partial charge in [0, 0.05) is 14.3 Å². The van der Waals surface area contributed by atoms with Crippen molar-refractivity contribution >= 4 is 56.7 Å². The molecule has 0 aliphatic carbocycles. The zero-order chi connectivity index (χ0) is 17.3. The highest BCUT2D eigenvalue weighted by atomic mass is 127. The Morgan fingerprint density at radius 1 is 1.29 bits per heavy atom. The molecular formula is C17H13ClIN3O2. The number of carbonyl (C=O) groups excluding carboxylic acids is 1. The zero-order valence-corrected chi connectivity index (χ0v) is 15.6. The quantitative estimate of drug-likeness (QED) is 0.616. The summed E-state index contributed by atoms with van der Waals surface area (Å²) >= 11 is 8.08. The van der Waals surface area contributed by atoms with Crippen LogP contribution in [0.3, 0.4) is 0 Å². The molecule has 3 rings (SSSR count). The first-order chi connectivity index (χ1) is 11.4. The number of hydrogen-bond donors (Lipinski definition) is 1. The van der Waals surface area contributed by atoms with E-state index in [9.17, 15) is 9.59 Å². The molecule has 0 radical (unpaired) electrons. The van der Waals surface area contributed by atoms with Crippen molar-refractivity contribution in [1.82, 2.24) is 9.55 Å². The molecule has 0 bridgehead atoms. The molecule has 1 heterocycles. The number of nitrogens with one attached hydrogen (secondary N) is 1. The summed E-state index contributed by atoms with van der Waals surface area (Å²) in [5, 5.41) is 3.81. The number of hydrogen-bond acceptors (Lipinski definition) is 3. The van der Waals surface area contributed by atoms with E-state index in [4.69, 9.17) is 11.6 Å². The van der Waals surface area contributed by atoms with Crippen molar-refractivity contribution in [2.75, 3.05) is 5.32 Å². The van der Waals surface area contributed by atoms with Gasteiger partial charge in [-0.1, -0.05) is 17.7 Å². The maximum Gasteiger partial charge on any atom is 0.261 e. The predicted molar refractivity (Wildman–Crippen MR) is 104 cm³/mol. The van der Waals surface area contributed by atoms with Crippen LogP contribution in [0.5, 0.6) is 0 Å². The van der Waals surface area contributed by atoms with Gasteiger partial charge in [-0.25, -0.2) is 4.98 Å². The van der Waals surface area contributed by atoms with E-state index in [0.717, 1.165) is 9.13 Å². The van der Waals surface area contributed by atoms with Gasteiger partial charge in [0.25, 0.3) is 5.56 Å². The third-order valence-corrected chi connectivity index (χ3v) is 4.48. The average molecular weight is 454 g/mol. The number of halogens is 2. The molecule has 0 fully saturated rings. The Balaban J connectivity index is 1.87. The maximum absolute atomic E-state index is 12.5. The van der Waals surface area contributed by atoms with E-state index in [1.807, 2.05) is 19.1 Å². The monoisotopic (exact) mass is 453 g/mol. The molecule has 24 heavy (non-hydrogen) atoms. The van der Waals surface area contributed by atoms with Crippen LogP contribution in [0.15, 0.2) is 47.5 Å². The lowest BCUT2D eigenvalue weighted by atomic mass is 10.2. The van der Waals surface area contributed by atoms with Crippen molar-refractivity contribution < 1.29 is 4.79 Å². The fourth-order valence-electron chi connectivity index (χ4n) is 2.32. The molecule has 0 aliphatic rings. The number of aromatic nitrogens is 2. The van der Waals surface area contributed by atoms with Gasteiger partial charge in [-0.3, -0.25) is 14.2 Å². The summed E-state index contributed by atoms with van der Waals surface area (Å²) in [4.78, 5) is 29.0. The van der Waals surface area contributed by atoms with Crippen molar-refractivity contribution in [1.29, 1.82) is 0 Å². The molecule has 7 heteroatoms. The molecule has 0 spiro atoms. The zero-order valence-electron chi connectivity index (χ0n) is 12.7. The van der Waals surface area contributed by atoms with Crippen LogP contribution < -0.4 is 10.9 Å². The summed E-state index contributed by atoms with van der Waals surface area (Å²) in [5.74, 6) is -0.311. The fourth-order valence-corrected chi connectivity index (χ4v) is 2.98. The number of fused-ring (bicyclic) bond motifs is 1. The number of nitrogens with zero attached hydrogens (tertiary/aromatic N) is 2. The van der Waals surface area contributed by atoms with Crippen LogP contribution in [0.1, 0.15) is 5.56 Å². The van der Waals surface area contributed by atoms with Gasteiger partial charge < -0.3 is 5.32 Å². The van der Waals surface area contributed by atoms with E-state index in [0.29, 0.717) is 21.6 Å². The van der Waals surface area contributed by atoms with Crippen molar-refractivity contribution in [3.8, 4) is 0 Å². The van der Waals surface area contributed by atoms with Crippen molar-refractivity contribution in [3.63, 3.8) is 0 Å². The second-order valence-electron chi connectivity index (χ2n) is 5.35. The lowest BCUT2D eigenvalue weighted by Gasteiger charge is -2.10. The fraction of sp³-hybridized carbons (Fsp3) is 0.118. The SMILES string of the molecule is Cc1ccc(Cl)cc1NC(=O)Cn1cnc2ccc(I)cc2c1=O. The van der Waals surface area contributed by atoms with E-state index >= 15 is 0 Å². The number of rotatable bonds is 3. The van der Waals surface area contributed by atoms with Gasteiger partial charge in [0.05, 0.1) is 17.2 Å². The molecule has 0 aliphatic heterocycles. The highest BCUT2D eigenvalue weighted by Gasteiger charge is 2.10. The Labute approximate surface area is 156 Å². The molecule has 3 aromatic rings. The van der Waals surface area contributed by atoms with Gasteiger partial charge in [0.15, 0.2) is 0 Å². The Morgan fingerprint density at radius 2 is 2.08 bits per heavy atom. The summed E-state index contributed by atoms with van der Waals surface area (Å²) in [5.41, 5.74) is 1.90. The van der Waals surface area contributed by atoms with Gasteiger partial charge >= 0.3 is 0 Å². The molecule has 0 saturated carbocycles. The second kappa shape index (κ2) is 6.90. The molecule has 5 nitrogen and oxygen atoms in total. The van der Waals surface area contributed by atoms with Gasteiger partial charge in [0.1, 0.15) is 6.54 Å². The van der Waals surface area contributed by atoms with Crippen LogP contribution in [0, 0.1) is 10.5 Å². The first-order valence-electron chi connectivity index (χ1n) is 7.15. The highest BCUT2D eigenvalue weighted by molar-refractivity contribution is 14.1. The smallest absolute Gasteiger partial charge is 0.261 e. The Hall–Kier alpha value is -1.93. The van der Waals surface area contributed by atoms with Gasteiger partial charge in [-0.15, -0.1) is 0 Å². The molecule has 0 saturated heterocycles. The lowest BCUT2D eigenvalue weighted by molar-refractivity contribution is -0.116. The predicted octanol–water partition coefficient (Wildman–Crippen LogP) is 3.60. The lowest BCUT2D eigenvalue weighted by Crippen LogP contribution is -2.28. The van der Waals surface area contributed by atoms with Crippen LogP contribution in [0.25, 0.3) is 10.9 Å². The van der Waals surface area contributed by atoms with Crippen LogP contribution >= 0.6 is 34.2 Å². The van der Waals surface area contributed by atoms with E-state index in [1.165, 1.54) is 10.9 Å². The summed E-state index contributed by atoms with van der Waals surface area (Å²) < 4.78 is 2.24. The van der Waals surface area contributed by atoms with E-state index in [2.05, 4.69) is 32.9 Å². The second-order valence-corrected chi connectivity index (χ2v) is 7.03. The largest absolute Gasteiger partial charge is 0.324 e. The molecule has 122 valence electrons. The summed E-state index contributed by atoms with van der Waals surface area (Å²) in [6.45, 7) is 1.76. The van der Waals surface area contributed by atoms with E-state index in [-0.39, 0.29) is 18.0 Å². The van der Waals surface area contributed by atoms with Crippen LogP contribution in [0.4, 0.5) is 5.69 Å². The standard InChI is InChI=1S/C17H13ClIN3O2/c1-10-2-3-11(18)6-15(10)21-16(23)8-22-9-20-14-5-4-12(19)7-13(14)17(22)24/h2-7,9H,8H2,1H3,(H,21,23). The number of benzene rings is 2. The van der Waals surface area contributed by atoms with Crippen molar-refractivity contribution in [2.24, 2.45) is 0 Å². The molecule has 1 amide bonds. The molecule has 1 N–H and O–H groups in total. The minimum Gasteiger partial charge on any atom is -0.324 e. The van der Waals surface area contributed by atoms with E-state index < -0.39 is 0 Å². The van der Waals surface area contributed by atoms with Crippen LogP contribution in [-0.4, -0.2) is 15.5 Å². The topological polar surface area (TPSA) is 64.0 Å². The minimum absolute atomic E-state index is 0.112.